The average Bonchev–Trinajstić information content (AvgIpc) is 2.27. The summed E-state index contributed by atoms with van der Waals surface area (Å²) in [5.74, 6) is 0.979. The maximum Gasteiger partial charge on any atom is 0.224 e. The van der Waals surface area contributed by atoms with Gasteiger partial charge < -0.3 is 5.32 Å². The first-order valence-corrected chi connectivity index (χ1v) is 6.43. The van der Waals surface area contributed by atoms with Crippen molar-refractivity contribution in [3.05, 3.63) is 29.8 Å². The molecule has 0 fully saturated rings. The monoisotopic (exact) mass is 233 g/mol. The van der Waals surface area contributed by atoms with Gasteiger partial charge in [-0.1, -0.05) is 45.9 Å². The highest BCUT2D eigenvalue weighted by Crippen LogP contribution is 2.26. The molecule has 0 aliphatic heterocycles. The molecule has 0 aliphatic rings. The quantitative estimate of drug-likeness (QED) is 0.812. The molecule has 2 nitrogen and oxygen atoms in total. The Labute approximate surface area is 104 Å². The van der Waals surface area contributed by atoms with Crippen LogP contribution in [0.4, 0.5) is 5.69 Å². The van der Waals surface area contributed by atoms with Gasteiger partial charge in [-0.15, -0.1) is 0 Å². The minimum absolute atomic E-state index is 0.107. The molecule has 1 N–H and O–H groups in total. The van der Waals surface area contributed by atoms with Gasteiger partial charge in [0.25, 0.3) is 0 Å². The molecule has 1 unspecified atom stereocenters. The third-order valence-electron chi connectivity index (χ3n) is 2.97. The summed E-state index contributed by atoms with van der Waals surface area (Å²) >= 11 is 0. The maximum atomic E-state index is 11.8. The first-order chi connectivity index (χ1) is 8.04. The van der Waals surface area contributed by atoms with Crippen LogP contribution in [0.2, 0.25) is 0 Å². The minimum Gasteiger partial charge on any atom is -0.326 e. The van der Waals surface area contributed by atoms with Crippen molar-refractivity contribution in [2.45, 2.75) is 46.5 Å². The number of carbonyl (C=O) groups is 1. The van der Waals surface area contributed by atoms with Crippen molar-refractivity contribution in [2.24, 2.45) is 5.92 Å². The third kappa shape index (κ3) is 4.22. The Morgan fingerprint density at radius 2 is 1.88 bits per heavy atom. The van der Waals surface area contributed by atoms with Gasteiger partial charge >= 0.3 is 0 Å². The fourth-order valence-electron chi connectivity index (χ4n) is 1.83. The van der Waals surface area contributed by atoms with Gasteiger partial charge in [-0.25, -0.2) is 0 Å². The zero-order valence-corrected chi connectivity index (χ0v) is 11.3. The van der Waals surface area contributed by atoms with Crippen molar-refractivity contribution in [1.29, 1.82) is 0 Å². The van der Waals surface area contributed by atoms with Crippen LogP contribution in [0.15, 0.2) is 24.3 Å². The Morgan fingerprint density at radius 3 is 2.47 bits per heavy atom. The first kappa shape index (κ1) is 13.8. The molecule has 0 heterocycles. The number of para-hydroxylation sites is 1. The zero-order valence-electron chi connectivity index (χ0n) is 11.3. The lowest BCUT2D eigenvalue weighted by Gasteiger charge is -2.16. The summed E-state index contributed by atoms with van der Waals surface area (Å²) in [6.07, 6.45) is 1.66. The van der Waals surface area contributed by atoms with E-state index in [-0.39, 0.29) is 5.91 Å². The molecule has 17 heavy (non-hydrogen) atoms. The smallest absolute Gasteiger partial charge is 0.224 e. The Bertz CT molecular complexity index is 371. The Balaban J connectivity index is 2.80. The number of benzene rings is 1. The van der Waals surface area contributed by atoms with E-state index >= 15 is 0 Å². The van der Waals surface area contributed by atoms with Crippen molar-refractivity contribution in [3.63, 3.8) is 0 Å². The van der Waals surface area contributed by atoms with Crippen molar-refractivity contribution in [2.75, 3.05) is 5.32 Å². The molecule has 0 aliphatic carbocycles. The summed E-state index contributed by atoms with van der Waals surface area (Å²) < 4.78 is 0. The number of rotatable bonds is 5. The molecule has 1 atom stereocenters. The Hall–Kier alpha value is -1.31. The van der Waals surface area contributed by atoms with Crippen LogP contribution in [0.1, 0.15) is 52.0 Å². The molecule has 94 valence electrons. The standard InChI is InChI=1S/C15H23NO/c1-5-12(4)13-8-6-7-9-14(13)16-15(17)10-11(2)3/h6-9,11-12H,5,10H2,1-4H3,(H,16,17). The fraction of sp³-hybridized carbons (Fsp3) is 0.533. The Kier molecular flexibility index (Phi) is 5.20. The molecule has 0 spiro atoms. The Morgan fingerprint density at radius 1 is 1.24 bits per heavy atom. The van der Waals surface area contributed by atoms with Gasteiger partial charge in [-0.3, -0.25) is 4.79 Å². The van der Waals surface area contributed by atoms with E-state index < -0.39 is 0 Å². The molecule has 2 heteroatoms. The highest BCUT2D eigenvalue weighted by atomic mass is 16.1. The number of hydrogen-bond donors (Lipinski definition) is 1. The molecule has 0 radical (unpaired) electrons. The lowest BCUT2D eigenvalue weighted by atomic mass is 9.96. The molecule has 1 aromatic carbocycles. The van der Waals surface area contributed by atoms with Gasteiger partial charge in [0.1, 0.15) is 0 Å². The second-order valence-electron chi connectivity index (χ2n) is 5.04. The maximum absolute atomic E-state index is 11.8. The summed E-state index contributed by atoms with van der Waals surface area (Å²) in [4.78, 5) is 11.8. The topological polar surface area (TPSA) is 29.1 Å². The predicted molar refractivity (Wildman–Crippen MR) is 73.2 cm³/mol. The van der Waals surface area contributed by atoms with Crippen LogP contribution in [0.3, 0.4) is 0 Å². The van der Waals surface area contributed by atoms with Crippen LogP contribution in [0.5, 0.6) is 0 Å². The lowest BCUT2D eigenvalue weighted by Crippen LogP contribution is -2.15. The van der Waals surface area contributed by atoms with Gasteiger partial charge in [-0.05, 0) is 29.9 Å². The molecule has 0 saturated carbocycles. The number of nitrogens with one attached hydrogen (secondary N) is 1. The normalized spacial score (nSPS) is 12.5. The predicted octanol–water partition coefficient (Wildman–Crippen LogP) is 4.18. The van der Waals surface area contributed by atoms with Crippen LogP contribution in [-0.4, -0.2) is 5.91 Å². The highest BCUT2D eigenvalue weighted by molar-refractivity contribution is 5.91. The summed E-state index contributed by atoms with van der Waals surface area (Å²) in [5, 5.41) is 3.02. The summed E-state index contributed by atoms with van der Waals surface area (Å²) in [7, 11) is 0. The van der Waals surface area contributed by atoms with Crippen molar-refractivity contribution in [1.82, 2.24) is 0 Å². The number of anilines is 1. The molecule has 1 aromatic rings. The molecule has 0 bridgehead atoms. The van der Waals surface area contributed by atoms with Gasteiger partial charge in [0.2, 0.25) is 5.91 Å². The van der Waals surface area contributed by atoms with Gasteiger partial charge in [-0.2, -0.15) is 0 Å². The minimum atomic E-state index is 0.107. The number of carbonyl (C=O) groups excluding carboxylic acids is 1. The van der Waals surface area contributed by atoms with E-state index in [1.165, 1.54) is 5.56 Å². The zero-order chi connectivity index (χ0) is 12.8. The van der Waals surface area contributed by atoms with Crippen LogP contribution in [-0.2, 0) is 4.79 Å². The second-order valence-corrected chi connectivity index (χ2v) is 5.04. The van der Waals surface area contributed by atoms with Crippen LogP contribution >= 0.6 is 0 Å². The van der Waals surface area contributed by atoms with Crippen LogP contribution in [0, 0.1) is 5.92 Å². The molecule has 1 rings (SSSR count). The van der Waals surface area contributed by atoms with Gasteiger partial charge in [0.15, 0.2) is 0 Å². The molecular formula is C15H23NO. The second kappa shape index (κ2) is 6.43. The summed E-state index contributed by atoms with van der Waals surface area (Å²) in [5.41, 5.74) is 2.19. The molecule has 1 amide bonds. The van der Waals surface area contributed by atoms with E-state index in [9.17, 15) is 4.79 Å². The van der Waals surface area contributed by atoms with E-state index in [0.29, 0.717) is 18.3 Å². The number of hydrogen-bond acceptors (Lipinski definition) is 1. The van der Waals surface area contributed by atoms with Crippen molar-refractivity contribution < 1.29 is 4.79 Å². The van der Waals surface area contributed by atoms with Crippen LogP contribution in [0.25, 0.3) is 0 Å². The summed E-state index contributed by atoms with van der Waals surface area (Å²) in [6, 6.07) is 8.08. The molecular weight excluding hydrogens is 210 g/mol. The number of amides is 1. The van der Waals surface area contributed by atoms with Crippen molar-refractivity contribution >= 4 is 11.6 Å². The van der Waals surface area contributed by atoms with E-state index in [1.807, 2.05) is 18.2 Å². The molecule has 0 aromatic heterocycles. The third-order valence-corrected chi connectivity index (χ3v) is 2.97. The lowest BCUT2D eigenvalue weighted by molar-refractivity contribution is -0.116. The molecule has 0 saturated heterocycles. The first-order valence-electron chi connectivity index (χ1n) is 6.43. The summed E-state index contributed by atoms with van der Waals surface area (Å²) in [6.45, 7) is 8.46. The average molecular weight is 233 g/mol. The van der Waals surface area contributed by atoms with E-state index in [4.69, 9.17) is 0 Å². The SMILES string of the molecule is CCC(C)c1ccccc1NC(=O)CC(C)C. The van der Waals surface area contributed by atoms with Gasteiger partial charge in [0, 0.05) is 12.1 Å². The van der Waals surface area contributed by atoms with E-state index in [1.54, 1.807) is 0 Å². The van der Waals surface area contributed by atoms with E-state index in [2.05, 4.69) is 39.1 Å². The fourth-order valence-corrected chi connectivity index (χ4v) is 1.83. The highest BCUT2D eigenvalue weighted by Gasteiger charge is 2.11. The largest absolute Gasteiger partial charge is 0.326 e. The van der Waals surface area contributed by atoms with Crippen molar-refractivity contribution in [3.8, 4) is 0 Å². The van der Waals surface area contributed by atoms with Crippen LogP contribution < -0.4 is 5.32 Å². The van der Waals surface area contributed by atoms with E-state index in [0.717, 1.165) is 12.1 Å². The van der Waals surface area contributed by atoms with Gasteiger partial charge in [0.05, 0.1) is 0 Å².